The monoisotopic (exact) mass is 281 g/mol. The van der Waals surface area contributed by atoms with Crippen molar-refractivity contribution in [3.05, 3.63) is 25.3 Å². The SMILES string of the molecule is C=CCC1[C@H](OC(C)=O)[C@@H](OC(C)=O)C(=O)N1CC=C. The lowest BCUT2D eigenvalue weighted by atomic mass is 10.1. The fourth-order valence-electron chi connectivity index (χ4n) is 2.27. The maximum atomic E-state index is 12.3. The van der Waals surface area contributed by atoms with Gasteiger partial charge in [-0.05, 0) is 6.42 Å². The fourth-order valence-corrected chi connectivity index (χ4v) is 2.27. The maximum Gasteiger partial charge on any atom is 0.303 e. The van der Waals surface area contributed by atoms with E-state index >= 15 is 0 Å². The molecule has 0 N–H and O–H groups in total. The third-order valence-corrected chi connectivity index (χ3v) is 2.93. The van der Waals surface area contributed by atoms with Crippen LogP contribution in [-0.4, -0.2) is 47.5 Å². The molecule has 1 amide bonds. The first kappa shape index (κ1) is 15.9. The second kappa shape index (κ2) is 6.88. The summed E-state index contributed by atoms with van der Waals surface area (Å²) in [7, 11) is 0. The molecule has 0 radical (unpaired) electrons. The second-order valence-corrected chi connectivity index (χ2v) is 4.48. The molecule has 0 bridgehead atoms. The molecule has 1 heterocycles. The summed E-state index contributed by atoms with van der Waals surface area (Å²) in [6, 6.07) is -0.411. The van der Waals surface area contributed by atoms with Gasteiger partial charge in [-0.1, -0.05) is 12.2 Å². The Morgan fingerprint density at radius 3 is 2.25 bits per heavy atom. The first-order valence-corrected chi connectivity index (χ1v) is 6.29. The molecular weight excluding hydrogens is 262 g/mol. The summed E-state index contributed by atoms with van der Waals surface area (Å²) in [5.41, 5.74) is 0. The minimum absolute atomic E-state index is 0.285. The first-order valence-electron chi connectivity index (χ1n) is 6.29. The van der Waals surface area contributed by atoms with E-state index in [0.29, 0.717) is 6.42 Å². The number of rotatable bonds is 6. The number of amides is 1. The lowest BCUT2D eigenvalue weighted by Crippen LogP contribution is -2.39. The molecule has 3 atom stereocenters. The van der Waals surface area contributed by atoms with E-state index in [4.69, 9.17) is 9.47 Å². The average Bonchev–Trinajstić information content (AvgIpc) is 2.56. The molecule has 0 aliphatic carbocycles. The van der Waals surface area contributed by atoms with Gasteiger partial charge >= 0.3 is 11.9 Å². The lowest BCUT2D eigenvalue weighted by Gasteiger charge is -2.25. The Bertz CT molecular complexity index is 431. The zero-order valence-corrected chi connectivity index (χ0v) is 11.7. The summed E-state index contributed by atoms with van der Waals surface area (Å²) in [4.78, 5) is 36.1. The van der Waals surface area contributed by atoms with Crippen LogP contribution in [0.15, 0.2) is 25.3 Å². The van der Waals surface area contributed by atoms with E-state index in [1.807, 2.05) is 0 Å². The number of carbonyl (C=O) groups is 3. The molecule has 20 heavy (non-hydrogen) atoms. The summed E-state index contributed by atoms with van der Waals surface area (Å²) in [5, 5.41) is 0. The molecule has 0 spiro atoms. The van der Waals surface area contributed by atoms with Crippen molar-refractivity contribution in [2.24, 2.45) is 0 Å². The van der Waals surface area contributed by atoms with Gasteiger partial charge in [0.15, 0.2) is 6.10 Å². The second-order valence-electron chi connectivity index (χ2n) is 4.48. The van der Waals surface area contributed by atoms with Crippen LogP contribution in [0.1, 0.15) is 20.3 Å². The molecule has 1 fully saturated rings. The Kier molecular flexibility index (Phi) is 5.49. The molecule has 1 aliphatic heterocycles. The molecule has 1 unspecified atom stereocenters. The summed E-state index contributed by atoms with van der Waals surface area (Å²) in [6.07, 6.45) is 1.67. The van der Waals surface area contributed by atoms with E-state index in [9.17, 15) is 14.4 Å². The zero-order valence-electron chi connectivity index (χ0n) is 11.7. The Hall–Kier alpha value is -2.11. The van der Waals surface area contributed by atoms with Crippen molar-refractivity contribution in [1.82, 2.24) is 4.90 Å². The van der Waals surface area contributed by atoms with Gasteiger partial charge in [0.25, 0.3) is 5.91 Å². The van der Waals surface area contributed by atoms with E-state index in [0.717, 1.165) is 0 Å². The van der Waals surface area contributed by atoms with Crippen molar-refractivity contribution in [1.29, 1.82) is 0 Å². The van der Waals surface area contributed by atoms with Crippen molar-refractivity contribution in [3.63, 3.8) is 0 Å². The van der Waals surface area contributed by atoms with E-state index in [2.05, 4.69) is 13.2 Å². The quantitative estimate of drug-likeness (QED) is 0.532. The number of carbonyl (C=O) groups excluding carboxylic acids is 3. The highest BCUT2D eigenvalue weighted by Crippen LogP contribution is 2.28. The van der Waals surface area contributed by atoms with Crippen LogP contribution in [0.5, 0.6) is 0 Å². The number of nitrogens with zero attached hydrogens (tertiary/aromatic N) is 1. The largest absolute Gasteiger partial charge is 0.456 e. The minimum atomic E-state index is -1.11. The van der Waals surface area contributed by atoms with Gasteiger partial charge in [-0.2, -0.15) is 0 Å². The highest BCUT2D eigenvalue weighted by atomic mass is 16.6. The van der Waals surface area contributed by atoms with Gasteiger partial charge < -0.3 is 14.4 Å². The normalized spacial score (nSPS) is 25.2. The van der Waals surface area contributed by atoms with E-state index in [1.165, 1.54) is 18.7 Å². The van der Waals surface area contributed by atoms with Crippen LogP contribution in [0.4, 0.5) is 0 Å². The van der Waals surface area contributed by atoms with Crippen LogP contribution in [0.3, 0.4) is 0 Å². The van der Waals surface area contributed by atoms with Gasteiger partial charge in [0.2, 0.25) is 6.10 Å². The molecule has 6 heteroatoms. The highest BCUT2D eigenvalue weighted by molar-refractivity contribution is 5.87. The molecular formula is C14H19NO5. The number of ether oxygens (including phenoxy) is 2. The summed E-state index contributed by atoms with van der Waals surface area (Å²) in [6.45, 7) is 9.96. The van der Waals surface area contributed by atoms with Crippen molar-refractivity contribution in [3.8, 4) is 0 Å². The van der Waals surface area contributed by atoms with Crippen molar-refractivity contribution >= 4 is 17.8 Å². The average molecular weight is 281 g/mol. The van der Waals surface area contributed by atoms with Crippen molar-refractivity contribution in [2.75, 3.05) is 6.54 Å². The molecule has 6 nitrogen and oxygen atoms in total. The van der Waals surface area contributed by atoms with Gasteiger partial charge in [-0.15, -0.1) is 13.2 Å². The third-order valence-electron chi connectivity index (χ3n) is 2.93. The zero-order chi connectivity index (χ0) is 15.3. The van der Waals surface area contributed by atoms with Gasteiger partial charge in [-0.3, -0.25) is 14.4 Å². The molecule has 0 aromatic rings. The van der Waals surface area contributed by atoms with E-state index in [-0.39, 0.29) is 6.54 Å². The van der Waals surface area contributed by atoms with Crippen molar-refractivity contribution in [2.45, 2.75) is 38.5 Å². The summed E-state index contributed by atoms with van der Waals surface area (Å²) >= 11 is 0. The Labute approximate surface area is 118 Å². The molecule has 0 aromatic carbocycles. The smallest absolute Gasteiger partial charge is 0.303 e. The predicted molar refractivity (Wildman–Crippen MR) is 71.6 cm³/mol. The summed E-state index contributed by atoms with van der Waals surface area (Å²) in [5.74, 6) is -1.52. The van der Waals surface area contributed by atoms with Gasteiger partial charge in [0.05, 0.1) is 6.04 Å². The Morgan fingerprint density at radius 2 is 1.80 bits per heavy atom. The molecule has 1 saturated heterocycles. The van der Waals surface area contributed by atoms with Crippen LogP contribution < -0.4 is 0 Å². The minimum Gasteiger partial charge on any atom is -0.456 e. The Morgan fingerprint density at radius 1 is 1.20 bits per heavy atom. The van der Waals surface area contributed by atoms with Crippen LogP contribution in [0.2, 0.25) is 0 Å². The van der Waals surface area contributed by atoms with Crippen LogP contribution >= 0.6 is 0 Å². The van der Waals surface area contributed by atoms with Gasteiger partial charge in [-0.25, -0.2) is 0 Å². The number of hydrogen-bond acceptors (Lipinski definition) is 5. The topological polar surface area (TPSA) is 72.9 Å². The van der Waals surface area contributed by atoms with E-state index < -0.39 is 36.1 Å². The number of likely N-dealkylation sites (tertiary alicyclic amines) is 1. The van der Waals surface area contributed by atoms with Crippen LogP contribution in [0, 0.1) is 0 Å². The standard InChI is InChI=1S/C14H19NO5/c1-5-7-11-12(19-9(3)16)13(20-10(4)17)14(18)15(11)8-6-2/h5-6,11-13H,1-2,7-8H2,3-4H3/t11?,12-,13+/m0/s1. The number of hydrogen-bond donors (Lipinski definition) is 0. The highest BCUT2D eigenvalue weighted by Gasteiger charge is 2.51. The first-order chi connectivity index (χ1) is 9.42. The Balaban J connectivity index is 3.08. The molecule has 1 rings (SSSR count). The molecule has 0 saturated carbocycles. The lowest BCUT2D eigenvalue weighted by molar-refractivity contribution is -0.166. The van der Waals surface area contributed by atoms with Gasteiger partial charge in [0.1, 0.15) is 0 Å². The third kappa shape index (κ3) is 3.46. The van der Waals surface area contributed by atoms with Crippen LogP contribution in [0.25, 0.3) is 0 Å². The van der Waals surface area contributed by atoms with Gasteiger partial charge in [0, 0.05) is 20.4 Å². The number of esters is 2. The van der Waals surface area contributed by atoms with Crippen molar-refractivity contribution < 1.29 is 23.9 Å². The molecule has 110 valence electrons. The summed E-state index contributed by atoms with van der Waals surface area (Å²) < 4.78 is 10.2. The molecule has 0 aromatic heterocycles. The van der Waals surface area contributed by atoms with Crippen LogP contribution in [-0.2, 0) is 23.9 Å². The van der Waals surface area contributed by atoms with E-state index in [1.54, 1.807) is 12.2 Å². The molecule has 1 aliphatic rings. The fraction of sp³-hybridized carbons (Fsp3) is 0.500. The maximum absolute atomic E-state index is 12.3. The predicted octanol–water partition coefficient (Wildman–Crippen LogP) is 0.823.